The normalized spacial score (nSPS) is 14.8. The van der Waals surface area contributed by atoms with E-state index in [0.717, 1.165) is 52.5 Å². The Morgan fingerprint density at radius 3 is 2.54 bits per heavy atom. The van der Waals surface area contributed by atoms with E-state index < -0.39 is 10.0 Å². The summed E-state index contributed by atoms with van der Waals surface area (Å²) in [7, 11) is -3.73. The Balaban J connectivity index is 1.15. The van der Waals surface area contributed by atoms with Crippen LogP contribution in [0, 0.1) is 0 Å². The molecule has 1 N–H and O–H groups in total. The van der Waals surface area contributed by atoms with Gasteiger partial charge in [-0.15, -0.1) is 0 Å². The largest absolute Gasteiger partial charge is 0.298 e. The van der Waals surface area contributed by atoms with E-state index in [9.17, 15) is 13.2 Å². The van der Waals surface area contributed by atoms with Crippen LogP contribution in [-0.2, 0) is 29.3 Å². The van der Waals surface area contributed by atoms with Crippen molar-refractivity contribution in [2.45, 2.75) is 30.6 Å². The zero-order valence-electron chi connectivity index (χ0n) is 19.9. The van der Waals surface area contributed by atoms with Crippen LogP contribution in [0.4, 0.5) is 10.8 Å². The third kappa shape index (κ3) is 3.62. The number of hydrogen-bond acceptors (Lipinski definition) is 5. The third-order valence-corrected chi connectivity index (χ3v) is 10.1. The monoisotopic (exact) mass is 525 g/mol. The van der Waals surface area contributed by atoms with E-state index in [-0.39, 0.29) is 10.8 Å². The van der Waals surface area contributed by atoms with Gasteiger partial charge < -0.3 is 0 Å². The van der Waals surface area contributed by atoms with Crippen LogP contribution in [0.25, 0.3) is 21.0 Å². The second-order valence-electron chi connectivity index (χ2n) is 9.53. The molecule has 8 heteroatoms. The summed E-state index contributed by atoms with van der Waals surface area (Å²) in [5, 5.41) is 5.87. The van der Waals surface area contributed by atoms with E-state index in [1.54, 1.807) is 12.1 Å². The van der Waals surface area contributed by atoms with Gasteiger partial charge in [0.1, 0.15) is 0 Å². The highest BCUT2D eigenvalue weighted by molar-refractivity contribution is 7.92. The Kier molecular flexibility index (Phi) is 5.09. The molecule has 2 aliphatic rings. The number of aromatic nitrogens is 1. The van der Waals surface area contributed by atoms with Crippen LogP contribution < -0.4 is 9.62 Å². The minimum Gasteiger partial charge on any atom is -0.298 e. The number of hydrogen-bond donors (Lipinski definition) is 1. The maximum Gasteiger partial charge on any atom is 0.264 e. The smallest absolute Gasteiger partial charge is 0.264 e. The summed E-state index contributed by atoms with van der Waals surface area (Å²) >= 11 is 1.46. The van der Waals surface area contributed by atoms with Crippen molar-refractivity contribution in [1.29, 1.82) is 0 Å². The van der Waals surface area contributed by atoms with E-state index in [0.29, 0.717) is 17.2 Å². The number of para-hydroxylation sites is 1. The zero-order chi connectivity index (χ0) is 25.1. The molecule has 0 atom stereocenters. The van der Waals surface area contributed by atoms with Crippen LogP contribution in [0.5, 0.6) is 0 Å². The molecular formula is C29H23N3O3S2. The highest BCUT2D eigenvalue weighted by Gasteiger charge is 2.29. The first kappa shape index (κ1) is 22.4. The number of rotatable bonds is 4. The minimum atomic E-state index is -3.73. The molecule has 4 aromatic carbocycles. The van der Waals surface area contributed by atoms with Gasteiger partial charge in [0.05, 0.1) is 20.8 Å². The van der Waals surface area contributed by atoms with Gasteiger partial charge in [-0.3, -0.25) is 14.4 Å². The fourth-order valence-corrected chi connectivity index (χ4v) is 8.07. The Morgan fingerprint density at radius 1 is 0.892 bits per heavy atom. The van der Waals surface area contributed by atoms with Gasteiger partial charge in [0.2, 0.25) is 0 Å². The highest BCUT2D eigenvalue weighted by Crippen LogP contribution is 2.39. The molecule has 0 saturated carbocycles. The number of fused-ring (bicyclic) bond motifs is 3. The van der Waals surface area contributed by atoms with Gasteiger partial charge in [-0.1, -0.05) is 47.7 Å². The zero-order valence-corrected chi connectivity index (χ0v) is 21.5. The van der Waals surface area contributed by atoms with Crippen molar-refractivity contribution in [3.63, 3.8) is 0 Å². The first-order valence-corrected chi connectivity index (χ1v) is 14.6. The Labute approximate surface area is 218 Å². The number of nitrogens with zero attached hydrogens (tertiary/aromatic N) is 2. The molecule has 0 unspecified atom stereocenters. The van der Waals surface area contributed by atoms with Crippen molar-refractivity contribution in [2.24, 2.45) is 0 Å². The van der Waals surface area contributed by atoms with E-state index in [4.69, 9.17) is 4.98 Å². The molecule has 37 heavy (non-hydrogen) atoms. The van der Waals surface area contributed by atoms with Gasteiger partial charge in [0.15, 0.2) is 5.13 Å². The molecule has 0 fully saturated rings. The van der Waals surface area contributed by atoms with Crippen LogP contribution in [0.2, 0.25) is 0 Å². The quantitative estimate of drug-likeness (QED) is 0.315. The number of thiazole rings is 1. The van der Waals surface area contributed by atoms with Crippen molar-refractivity contribution >= 4 is 59.1 Å². The van der Waals surface area contributed by atoms with Crippen LogP contribution in [0.1, 0.15) is 33.5 Å². The summed E-state index contributed by atoms with van der Waals surface area (Å²) in [5.74, 6) is -0.316. The fraction of sp³-hybridized carbons (Fsp3) is 0.172. The molecule has 184 valence electrons. The summed E-state index contributed by atoms with van der Waals surface area (Å²) < 4.78 is 29.3. The van der Waals surface area contributed by atoms with Gasteiger partial charge in [-0.05, 0) is 84.2 Å². The molecular weight excluding hydrogens is 502 g/mol. The van der Waals surface area contributed by atoms with Gasteiger partial charge in [0.25, 0.3) is 15.9 Å². The lowest BCUT2D eigenvalue weighted by Gasteiger charge is -2.30. The molecule has 0 saturated heterocycles. The van der Waals surface area contributed by atoms with Gasteiger partial charge in [-0.25, -0.2) is 13.4 Å². The first-order valence-electron chi connectivity index (χ1n) is 12.4. The Morgan fingerprint density at radius 2 is 1.68 bits per heavy atom. The lowest BCUT2D eigenvalue weighted by Crippen LogP contribution is -2.35. The second-order valence-corrected chi connectivity index (χ2v) is 12.4. The highest BCUT2D eigenvalue weighted by atomic mass is 32.2. The lowest BCUT2D eigenvalue weighted by molar-refractivity contribution is 0.102. The third-order valence-electron chi connectivity index (χ3n) is 7.34. The molecule has 2 heterocycles. The average Bonchev–Trinajstić information content (AvgIpc) is 3.53. The predicted molar refractivity (Wildman–Crippen MR) is 148 cm³/mol. The van der Waals surface area contributed by atoms with Crippen molar-refractivity contribution in [2.75, 3.05) is 16.2 Å². The topological polar surface area (TPSA) is 79.4 Å². The molecule has 5 aromatic rings. The minimum absolute atomic E-state index is 0.171. The average molecular weight is 526 g/mol. The summed E-state index contributed by atoms with van der Waals surface area (Å²) in [6.45, 7) is 0.442. The van der Waals surface area contributed by atoms with Crippen LogP contribution in [0.3, 0.4) is 0 Å². The van der Waals surface area contributed by atoms with E-state index in [1.165, 1.54) is 44.3 Å². The van der Waals surface area contributed by atoms with Gasteiger partial charge in [0, 0.05) is 17.5 Å². The second kappa shape index (κ2) is 8.39. The van der Waals surface area contributed by atoms with Crippen molar-refractivity contribution in [3.05, 3.63) is 95.1 Å². The number of aryl methyl sites for hydroxylation is 3. The van der Waals surface area contributed by atoms with E-state index >= 15 is 0 Å². The maximum atomic E-state index is 13.4. The lowest BCUT2D eigenvalue weighted by atomic mass is 10.0. The van der Waals surface area contributed by atoms with Crippen LogP contribution in [-0.4, -0.2) is 25.9 Å². The van der Waals surface area contributed by atoms with Crippen molar-refractivity contribution in [1.82, 2.24) is 4.98 Å². The fourth-order valence-electron chi connectivity index (χ4n) is 5.58. The summed E-state index contributed by atoms with van der Waals surface area (Å²) in [5.41, 5.74) is 5.75. The number of amides is 1. The molecule has 6 nitrogen and oxygen atoms in total. The van der Waals surface area contributed by atoms with Gasteiger partial charge >= 0.3 is 0 Å². The molecule has 1 aliphatic heterocycles. The Bertz CT molecular complexity index is 1830. The van der Waals surface area contributed by atoms with E-state index in [2.05, 4.69) is 29.6 Å². The summed E-state index contributed by atoms with van der Waals surface area (Å²) in [4.78, 5) is 17.9. The molecule has 0 radical (unpaired) electrons. The number of carbonyl (C=O) groups is 1. The molecule has 1 aliphatic carbocycles. The molecule has 0 spiro atoms. The van der Waals surface area contributed by atoms with Crippen molar-refractivity contribution in [3.8, 4) is 0 Å². The van der Waals surface area contributed by atoms with Crippen LogP contribution >= 0.6 is 11.3 Å². The van der Waals surface area contributed by atoms with E-state index in [1.807, 2.05) is 24.3 Å². The Hall–Kier alpha value is -3.75. The summed E-state index contributed by atoms with van der Waals surface area (Å²) in [6, 6.07) is 22.3. The van der Waals surface area contributed by atoms with Crippen LogP contribution in [0.15, 0.2) is 77.7 Å². The molecule has 7 rings (SSSR count). The number of sulfonamides is 1. The number of anilines is 2. The van der Waals surface area contributed by atoms with Gasteiger partial charge in [-0.2, -0.15) is 0 Å². The standard InChI is InChI=1S/C29H23N3O3S2/c33-28(31-29-30-27-23-8-3-6-19-10-11-21(26(19)23)17-25(27)36-29)20-12-14-22(15-13-20)37(34,35)32-16-4-7-18-5-1-2-9-24(18)32/h1-3,5-6,8-9,12-15,17H,4,7,10-11,16H2,(H,30,31,33). The first-order chi connectivity index (χ1) is 18.0. The number of benzene rings is 4. The maximum absolute atomic E-state index is 13.4. The van der Waals surface area contributed by atoms with Crippen molar-refractivity contribution < 1.29 is 13.2 Å². The molecule has 1 aromatic heterocycles. The SMILES string of the molecule is O=C(Nc1nc2c(cc3c4c(cccc42)CC3)s1)c1ccc(S(=O)(=O)N2CCCc3ccccc32)cc1. The summed E-state index contributed by atoms with van der Waals surface area (Å²) in [6.07, 6.45) is 3.73. The number of nitrogens with one attached hydrogen (secondary N) is 1. The number of carbonyl (C=O) groups excluding carboxylic acids is 1. The predicted octanol–water partition coefficient (Wildman–Crippen LogP) is 5.94. The molecule has 1 amide bonds. The molecule has 0 bridgehead atoms.